The number of benzene rings is 1. The SMILES string of the molecule is CNC(CS)c1cc(C)c(C)cc1OC. The first-order chi connectivity index (χ1) is 7.13. The van der Waals surface area contributed by atoms with Gasteiger partial charge in [-0.3, -0.25) is 0 Å². The second kappa shape index (κ2) is 5.42. The van der Waals surface area contributed by atoms with Crippen LogP contribution >= 0.6 is 12.6 Å². The van der Waals surface area contributed by atoms with Crippen LogP contribution in [0.25, 0.3) is 0 Å². The summed E-state index contributed by atoms with van der Waals surface area (Å²) in [4.78, 5) is 0. The van der Waals surface area contributed by atoms with Crippen molar-refractivity contribution in [3.05, 3.63) is 28.8 Å². The molecule has 2 nitrogen and oxygen atoms in total. The molecule has 0 aromatic heterocycles. The Morgan fingerprint density at radius 1 is 1.33 bits per heavy atom. The van der Waals surface area contributed by atoms with Crippen molar-refractivity contribution in [2.75, 3.05) is 19.9 Å². The summed E-state index contributed by atoms with van der Waals surface area (Å²) in [5.41, 5.74) is 3.72. The van der Waals surface area contributed by atoms with Crippen molar-refractivity contribution < 1.29 is 4.74 Å². The standard InChI is InChI=1S/C12H19NOS/c1-8-5-10(11(7-15)13-3)12(14-4)6-9(8)2/h5-6,11,13,15H,7H2,1-4H3. The molecule has 0 radical (unpaired) electrons. The summed E-state index contributed by atoms with van der Waals surface area (Å²) in [5.74, 6) is 1.70. The first-order valence-corrected chi connectivity index (χ1v) is 5.70. The third-order valence-corrected chi connectivity index (χ3v) is 3.12. The predicted molar refractivity (Wildman–Crippen MR) is 68.1 cm³/mol. The van der Waals surface area contributed by atoms with Gasteiger partial charge in [-0.1, -0.05) is 6.07 Å². The van der Waals surface area contributed by atoms with Crippen LogP contribution in [0.2, 0.25) is 0 Å². The lowest BCUT2D eigenvalue weighted by molar-refractivity contribution is 0.404. The summed E-state index contributed by atoms with van der Waals surface area (Å²) in [6.07, 6.45) is 0. The molecule has 0 fully saturated rings. The largest absolute Gasteiger partial charge is 0.496 e. The fourth-order valence-electron chi connectivity index (χ4n) is 1.61. The van der Waals surface area contributed by atoms with Crippen LogP contribution in [0.3, 0.4) is 0 Å². The van der Waals surface area contributed by atoms with Crippen molar-refractivity contribution in [2.45, 2.75) is 19.9 Å². The van der Waals surface area contributed by atoms with Crippen LogP contribution in [0.1, 0.15) is 22.7 Å². The van der Waals surface area contributed by atoms with Gasteiger partial charge in [0.25, 0.3) is 0 Å². The molecule has 3 heteroatoms. The Kier molecular flexibility index (Phi) is 4.48. The molecule has 0 spiro atoms. The molecule has 0 aliphatic heterocycles. The highest BCUT2D eigenvalue weighted by Crippen LogP contribution is 2.28. The molecule has 1 rings (SSSR count). The van der Waals surface area contributed by atoms with Gasteiger partial charge in [0.2, 0.25) is 0 Å². The van der Waals surface area contributed by atoms with Crippen molar-refractivity contribution in [2.24, 2.45) is 0 Å². The van der Waals surface area contributed by atoms with Crippen molar-refractivity contribution in [3.8, 4) is 5.75 Å². The van der Waals surface area contributed by atoms with Crippen LogP contribution in [0, 0.1) is 13.8 Å². The van der Waals surface area contributed by atoms with Gasteiger partial charge in [-0.2, -0.15) is 12.6 Å². The molecule has 84 valence electrons. The average molecular weight is 225 g/mol. The van der Waals surface area contributed by atoms with Crippen LogP contribution < -0.4 is 10.1 Å². The van der Waals surface area contributed by atoms with Gasteiger partial charge in [-0.15, -0.1) is 0 Å². The number of hydrogen-bond acceptors (Lipinski definition) is 3. The van der Waals surface area contributed by atoms with Crippen LogP contribution in [-0.2, 0) is 0 Å². The third-order valence-electron chi connectivity index (χ3n) is 2.75. The molecule has 1 aromatic carbocycles. The maximum Gasteiger partial charge on any atom is 0.123 e. The second-order valence-corrected chi connectivity index (χ2v) is 4.07. The van der Waals surface area contributed by atoms with E-state index < -0.39 is 0 Å². The number of nitrogens with one attached hydrogen (secondary N) is 1. The van der Waals surface area contributed by atoms with E-state index in [0.717, 1.165) is 11.5 Å². The van der Waals surface area contributed by atoms with Gasteiger partial charge in [0.05, 0.1) is 7.11 Å². The highest BCUT2D eigenvalue weighted by molar-refractivity contribution is 7.80. The fraction of sp³-hybridized carbons (Fsp3) is 0.500. The maximum atomic E-state index is 5.39. The minimum absolute atomic E-state index is 0.239. The summed E-state index contributed by atoms with van der Waals surface area (Å²) >= 11 is 4.34. The van der Waals surface area contributed by atoms with Crippen LogP contribution in [0.5, 0.6) is 5.75 Å². The Labute approximate surface area is 97.4 Å². The Balaban J connectivity index is 3.20. The Hall–Kier alpha value is -0.670. The van der Waals surface area contributed by atoms with E-state index in [4.69, 9.17) is 4.74 Å². The molecular formula is C12H19NOS. The Bertz CT molecular complexity index is 335. The van der Waals surface area contributed by atoms with E-state index in [2.05, 4.69) is 43.9 Å². The molecule has 0 saturated heterocycles. The van der Waals surface area contributed by atoms with E-state index in [9.17, 15) is 0 Å². The van der Waals surface area contributed by atoms with Crippen molar-refractivity contribution in [1.82, 2.24) is 5.32 Å². The highest BCUT2D eigenvalue weighted by Gasteiger charge is 2.13. The number of aryl methyl sites for hydroxylation is 2. The topological polar surface area (TPSA) is 21.3 Å². The number of methoxy groups -OCH3 is 1. The number of hydrogen-bond donors (Lipinski definition) is 2. The molecule has 1 unspecified atom stereocenters. The zero-order valence-electron chi connectivity index (χ0n) is 9.79. The minimum atomic E-state index is 0.239. The molecule has 1 aromatic rings. The van der Waals surface area contributed by atoms with E-state index in [1.54, 1.807) is 7.11 Å². The normalized spacial score (nSPS) is 12.6. The van der Waals surface area contributed by atoms with Crippen LogP contribution in [-0.4, -0.2) is 19.9 Å². The summed E-state index contributed by atoms with van der Waals surface area (Å²) in [6.45, 7) is 4.21. The van der Waals surface area contributed by atoms with E-state index >= 15 is 0 Å². The summed E-state index contributed by atoms with van der Waals surface area (Å²) < 4.78 is 5.39. The number of thiol groups is 1. The molecule has 0 aliphatic rings. The van der Waals surface area contributed by atoms with Crippen LogP contribution in [0.15, 0.2) is 12.1 Å². The smallest absolute Gasteiger partial charge is 0.123 e. The molecule has 0 amide bonds. The quantitative estimate of drug-likeness (QED) is 0.768. The van der Waals surface area contributed by atoms with Gasteiger partial charge < -0.3 is 10.1 Å². The molecule has 0 heterocycles. The van der Waals surface area contributed by atoms with Gasteiger partial charge >= 0.3 is 0 Å². The van der Waals surface area contributed by atoms with Gasteiger partial charge in [-0.25, -0.2) is 0 Å². The fourth-order valence-corrected chi connectivity index (χ4v) is 1.99. The minimum Gasteiger partial charge on any atom is -0.496 e. The summed E-state index contributed by atoms with van der Waals surface area (Å²) in [6, 6.07) is 4.49. The van der Waals surface area contributed by atoms with Crippen molar-refractivity contribution in [3.63, 3.8) is 0 Å². The predicted octanol–water partition coefficient (Wildman–Crippen LogP) is 2.50. The monoisotopic (exact) mass is 225 g/mol. The van der Waals surface area contributed by atoms with Crippen LogP contribution in [0.4, 0.5) is 0 Å². The molecule has 0 aliphatic carbocycles. The molecule has 1 N–H and O–H groups in total. The molecular weight excluding hydrogens is 206 g/mol. The summed E-state index contributed by atoms with van der Waals surface area (Å²) in [5, 5.41) is 3.23. The van der Waals surface area contributed by atoms with E-state index in [0.29, 0.717) is 0 Å². The third kappa shape index (κ3) is 2.67. The van der Waals surface area contributed by atoms with Crippen molar-refractivity contribution >= 4 is 12.6 Å². The van der Waals surface area contributed by atoms with E-state index in [1.807, 2.05) is 7.05 Å². The Morgan fingerprint density at radius 2 is 1.93 bits per heavy atom. The lowest BCUT2D eigenvalue weighted by atomic mass is 10.0. The molecule has 15 heavy (non-hydrogen) atoms. The molecule has 1 atom stereocenters. The summed E-state index contributed by atoms with van der Waals surface area (Å²) in [7, 11) is 3.65. The second-order valence-electron chi connectivity index (χ2n) is 3.70. The van der Waals surface area contributed by atoms with E-state index in [1.165, 1.54) is 16.7 Å². The zero-order valence-corrected chi connectivity index (χ0v) is 10.7. The van der Waals surface area contributed by atoms with E-state index in [-0.39, 0.29) is 6.04 Å². The maximum absolute atomic E-state index is 5.39. The van der Waals surface area contributed by atoms with Crippen molar-refractivity contribution in [1.29, 1.82) is 0 Å². The molecule has 0 saturated carbocycles. The lowest BCUT2D eigenvalue weighted by Crippen LogP contribution is -2.18. The molecule has 0 bridgehead atoms. The van der Waals surface area contributed by atoms with Gasteiger partial charge in [0, 0.05) is 17.4 Å². The Morgan fingerprint density at radius 3 is 2.40 bits per heavy atom. The zero-order chi connectivity index (χ0) is 11.4. The lowest BCUT2D eigenvalue weighted by Gasteiger charge is -2.19. The highest BCUT2D eigenvalue weighted by atomic mass is 32.1. The first-order valence-electron chi connectivity index (χ1n) is 5.07. The van der Waals surface area contributed by atoms with Gasteiger partial charge in [-0.05, 0) is 38.1 Å². The van der Waals surface area contributed by atoms with Gasteiger partial charge in [0.1, 0.15) is 5.75 Å². The average Bonchev–Trinajstić information content (AvgIpc) is 2.24. The number of rotatable bonds is 4. The van der Waals surface area contributed by atoms with Gasteiger partial charge in [0.15, 0.2) is 0 Å². The number of ether oxygens (including phenoxy) is 1. The first kappa shape index (κ1) is 12.4.